The second-order valence-electron chi connectivity index (χ2n) is 5.06. The number of aromatic nitrogens is 3. The molecule has 4 aromatic rings. The summed E-state index contributed by atoms with van der Waals surface area (Å²) in [5.41, 5.74) is -0.392. The van der Waals surface area contributed by atoms with Gasteiger partial charge in [-0.1, -0.05) is 6.07 Å². The fraction of sp³-hybridized carbons (Fsp3) is 0.0625. The quantitative estimate of drug-likeness (QED) is 0.571. The van der Waals surface area contributed by atoms with Gasteiger partial charge in [0.1, 0.15) is 6.54 Å². The van der Waals surface area contributed by atoms with Crippen molar-refractivity contribution >= 4 is 22.2 Å². The van der Waals surface area contributed by atoms with Gasteiger partial charge in [-0.05, 0) is 17.5 Å². The van der Waals surface area contributed by atoms with Crippen molar-refractivity contribution in [1.82, 2.24) is 14.5 Å². The number of oxazole rings is 1. The SMILES string of the molecule is O=c1c2cc(F)c(F)cc2ncn1Cc1ncc(-c2cccs2)o1. The molecule has 0 bridgehead atoms. The first-order valence-corrected chi connectivity index (χ1v) is 7.82. The van der Waals surface area contributed by atoms with E-state index in [1.165, 1.54) is 22.2 Å². The van der Waals surface area contributed by atoms with Crippen LogP contribution in [-0.4, -0.2) is 14.5 Å². The van der Waals surface area contributed by atoms with Gasteiger partial charge in [-0.3, -0.25) is 9.36 Å². The molecular weight excluding hydrogens is 336 g/mol. The molecule has 3 heterocycles. The fourth-order valence-corrected chi connectivity index (χ4v) is 3.00. The van der Waals surface area contributed by atoms with Gasteiger partial charge >= 0.3 is 0 Å². The van der Waals surface area contributed by atoms with Crippen molar-refractivity contribution < 1.29 is 13.2 Å². The topological polar surface area (TPSA) is 60.9 Å². The van der Waals surface area contributed by atoms with Crippen molar-refractivity contribution in [3.8, 4) is 10.6 Å². The maximum absolute atomic E-state index is 13.4. The number of benzene rings is 1. The van der Waals surface area contributed by atoms with Crippen molar-refractivity contribution in [2.24, 2.45) is 0 Å². The number of nitrogens with zero attached hydrogens (tertiary/aromatic N) is 3. The molecule has 0 unspecified atom stereocenters. The Morgan fingerprint density at radius 3 is 2.83 bits per heavy atom. The minimum Gasteiger partial charge on any atom is -0.438 e. The van der Waals surface area contributed by atoms with Crippen molar-refractivity contribution in [1.29, 1.82) is 0 Å². The van der Waals surface area contributed by atoms with E-state index in [9.17, 15) is 13.6 Å². The highest BCUT2D eigenvalue weighted by molar-refractivity contribution is 7.13. The third-order valence-corrected chi connectivity index (χ3v) is 4.37. The first-order chi connectivity index (χ1) is 11.6. The van der Waals surface area contributed by atoms with Gasteiger partial charge in [0.2, 0.25) is 5.89 Å². The molecule has 0 radical (unpaired) electrons. The minimum absolute atomic E-state index is 0.00133. The van der Waals surface area contributed by atoms with E-state index in [1.54, 1.807) is 6.20 Å². The molecule has 0 saturated heterocycles. The molecule has 0 amide bonds. The minimum atomic E-state index is -1.09. The number of rotatable bonds is 3. The largest absolute Gasteiger partial charge is 0.438 e. The summed E-state index contributed by atoms with van der Waals surface area (Å²) in [6.45, 7) is 0.0478. The highest BCUT2D eigenvalue weighted by atomic mass is 32.1. The second kappa shape index (κ2) is 5.64. The third-order valence-electron chi connectivity index (χ3n) is 3.49. The molecule has 0 aliphatic heterocycles. The van der Waals surface area contributed by atoms with E-state index in [-0.39, 0.29) is 17.4 Å². The van der Waals surface area contributed by atoms with Crippen molar-refractivity contribution in [2.45, 2.75) is 6.54 Å². The molecule has 0 atom stereocenters. The summed E-state index contributed by atoms with van der Waals surface area (Å²) in [5.74, 6) is -1.20. The van der Waals surface area contributed by atoms with Crippen LogP contribution >= 0.6 is 11.3 Å². The molecule has 24 heavy (non-hydrogen) atoms. The van der Waals surface area contributed by atoms with E-state index in [0.29, 0.717) is 11.7 Å². The Morgan fingerprint density at radius 1 is 1.21 bits per heavy atom. The molecule has 3 aromatic heterocycles. The van der Waals surface area contributed by atoms with Crippen LogP contribution in [0.4, 0.5) is 8.78 Å². The van der Waals surface area contributed by atoms with Crippen LogP contribution in [0.3, 0.4) is 0 Å². The maximum atomic E-state index is 13.4. The zero-order valence-electron chi connectivity index (χ0n) is 12.1. The maximum Gasteiger partial charge on any atom is 0.261 e. The van der Waals surface area contributed by atoms with Gasteiger partial charge in [0.25, 0.3) is 5.56 Å². The van der Waals surface area contributed by atoms with Crippen LogP contribution < -0.4 is 5.56 Å². The lowest BCUT2D eigenvalue weighted by atomic mass is 10.2. The summed E-state index contributed by atoms with van der Waals surface area (Å²) < 4.78 is 33.4. The zero-order valence-corrected chi connectivity index (χ0v) is 12.9. The summed E-state index contributed by atoms with van der Waals surface area (Å²) in [4.78, 5) is 21.4. The Hall–Kier alpha value is -2.87. The van der Waals surface area contributed by atoms with Crippen LogP contribution in [0.2, 0.25) is 0 Å². The van der Waals surface area contributed by atoms with E-state index < -0.39 is 17.2 Å². The van der Waals surface area contributed by atoms with Crippen LogP contribution in [0, 0.1) is 11.6 Å². The predicted molar refractivity (Wildman–Crippen MR) is 84.8 cm³/mol. The van der Waals surface area contributed by atoms with E-state index >= 15 is 0 Å². The molecule has 0 fully saturated rings. The molecule has 120 valence electrons. The van der Waals surface area contributed by atoms with Gasteiger partial charge in [-0.2, -0.15) is 0 Å². The number of hydrogen-bond donors (Lipinski definition) is 0. The summed E-state index contributed by atoms with van der Waals surface area (Å²) >= 11 is 1.51. The average Bonchev–Trinajstić information content (AvgIpc) is 3.23. The monoisotopic (exact) mass is 345 g/mol. The van der Waals surface area contributed by atoms with Crippen LogP contribution in [-0.2, 0) is 6.54 Å². The number of halogens is 2. The smallest absolute Gasteiger partial charge is 0.261 e. The highest BCUT2D eigenvalue weighted by Gasteiger charge is 2.12. The summed E-state index contributed by atoms with van der Waals surface area (Å²) in [5, 5.41) is 1.92. The molecular formula is C16H9F2N3O2S. The van der Waals surface area contributed by atoms with E-state index in [0.717, 1.165) is 17.0 Å². The Bertz CT molecular complexity index is 1090. The lowest BCUT2D eigenvalue weighted by Gasteiger charge is -2.04. The Morgan fingerprint density at radius 2 is 2.04 bits per heavy atom. The molecule has 1 aromatic carbocycles. The van der Waals surface area contributed by atoms with Gasteiger partial charge in [0, 0.05) is 6.07 Å². The van der Waals surface area contributed by atoms with Crippen molar-refractivity contribution in [3.63, 3.8) is 0 Å². The molecule has 0 aliphatic rings. The zero-order chi connectivity index (χ0) is 16.7. The van der Waals surface area contributed by atoms with Crippen LogP contribution in [0.1, 0.15) is 5.89 Å². The van der Waals surface area contributed by atoms with Crippen LogP contribution in [0.15, 0.2) is 51.4 Å². The van der Waals surface area contributed by atoms with Gasteiger partial charge in [-0.15, -0.1) is 11.3 Å². The number of hydrogen-bond acceptors (Lipinski definition) is 5. The lowest BCUT2D eigenvalue weighted by Crippen LogP contribution is -2.21. The van der Waals surface area contributed by atoms with E-state index in [4.69, 9.17) is 4.42 Å². The van der Waals surface area contributed by atoms with Crippen LogP contribution in [0.25, 0.3) is 21.5 Å². The number of fused-ring (bicyclic) bond motifs is 1. The number of thiophene rings is 1. The lowest BCUT2D eigenvalue weighted by molar-refractivity contribution is 0.484. The molecule has 8 heteroatoms. The van der Waals surface area contributed by atoms with E-state index in [2.05, 4.69) is 9.97 Å². The van der Waals surface area contributed by atoms with Gasteiger partial charge in [0.15, 0.2) is 17.4 Å². The normalized spacial score (nSPS) is 11.2. The van der Waals surface area contributed by atoms with Crippen LogP contribution in [0.5, 0.6) is 0 Å². The Balaban J connectivity index is 1.71. The first-order valence-electron chi connectivity index (χ1n) is 6.94. The highest BCUT2D eigenvalue weighted by Crippen LogP contribution is 2.25. The summed E-state index contributed by atoms with van der Waals surface area (Å²) in [6, 6.07) is 5.54. The molecule has 0 aliphatic carbocycles. The summed E-state index contributed by atoms with van der Waals surface area (Å²) in [7, 11) is 0. The third kappa shape index (κ3) is 2.50. The average molecular weight is 345 g/mol. The predicted octanol–water partition coefficient (Wildman–Crippen LogP) is 3.44. The van der Waals surface area contributed by atoms with E-state index in [1.807, 2.05) is 17.5 Å². The van der Waals surface area contributed by atoms with Crippen molar-refractivity contribution in [3.05, 3.63) is 70.0 Å². The molecule has 0 N–H and O–H groups in total. The molecule has 0 saturated carbocycles. The second-order valence-corrected chi connectivity index (χ2v) is 6.00. The first kappa shape index (κ1) is 14.7. The molecule has 4 rings (SSSR count). The van der Waals surface area contributed by atoms with Crippen molar-refractivity contribution in [2.75, 3.05) is 0 Å². The fourth-order valence-electron chi connectivity index (χ4n) is 2.33. The van der Waals surface area contributed by atoms with Gasteiger partial charge < -0.3 is 4.42 Å². The Kier molecular flexibility index (Phi) is 3.46. The summed E-state index contributed by atoms with van der Waals surface area (Å²) in [6.07, 6.45) is 2.84. The van der Waals surface area contributed by atoms with Gasteiger partial charge in [-0.25, -0.2) is 18.7 Å². The van der Waals surface area contributed by atoms with Gasteiger partial charge in [0.05, 0.1) is 28.3 Å². The molecule has 5 nitrogen and oxygen atoms in total. The molecule has 0 spiro atoms. The standard InChI is InChI=1S/C16H9F2N3O2S/c17-10-4-9-12(5-11(10)18)20-8-21(16(9)22)7-15-19-6-13(23-15)14-2-1-3-24-14/h1-6,8H,7H2. The Labute approximate surface area is 137 Å².